The Balaban J connectivity index is 0.000000151. The van der Waals surface area contributed by atoms with Gasteiger partial charge >= 0.3 is 12.2 Å². The molecule has 15 rings (SSSR count). The highest BCUT2D eigenvalue weighted by Gasteiger charge is 2.40. The van der Waals surface area contributed by atoms with Crippen LogP contribution in [0.5, 0.6) is 23.0 Å². The summed E-state index contributed by atoms with van der Waals surface area (Å²) in [5, 5.41) is 11.2. The van der Waals surface area contributed by atoms with E-state index in [2.05, 4.69) is 250 Å². The van der Waals surface area contributed by atoms with E-state index in [1.807, 2.05) is 78.1 Å². The number of nitrogens with zero attached hydrogens (tertiary/aromatic N) is 5. The number of nitrogens with one attached hydrogen (secondary N) is 1. The van der Waals surface area contributed by atoms with E-state index in [1.54, 1.807) is 28.4 Å². The first-order chi connectivity index (χ1) is 55.8. The van der Waals surface area contributed by atoms with Crippen molar-refractivity contribution in [3.8, 4) is 23.0 Å². The van der Waals surface area contributed by atoms with E-state index in [0.717, 1.165) is 105 Å². The average molecular weight is 1650 g/mol. The second-order valence-electron chi connectivity index (χ2n) is 32.6. The molecule has 0 unspecified atom stereocenters. The Morgan fingerprint density at radius 2 is 0.930 bits per heavy atom. The van der Waals surface area contributed by atoms with Crippen LogP contribution >= 0.6 is 31.8 Å². The maximum atomic E-state index is 12.5. The molecule has 15 nitrogen and oxygen atoms in total. The van der Waals surface area contributed by atoms with Gasteiger partial charge in [-0.25, -0.2) is 9.59 Å². The number of anilines is 1. The minimum Gasteiger partial charge on any atom is -0.490 e. The first kappa shape index (κ1) is 85.4. The van der Waals surface area contributed by atoms with Gasteiger partial charge in [-0.3, -0.25) is 9.97 Å². The Morgan fingerprint density at radius 1 is 0.504 bits per heavy atom. The van der Waals surface area contributed by atoms with Crippen molar-refractivity contribution in [2.45, 2.75) is 162 Å². The number of halogens is 1. The van der Waals surface area contributed by atoms with E-state index < -0.39 is 27.0 Å². The van der Waals surface area contributed by atoms with Crippen molar-refractivity contribution < 1.29 is 42.7 Å². The molecule has 2 aromatic heterocycles. The topological polar surface area (TPSA) is 146 Å². The summed E-state index contributed by atoms with van der Waals surface area (Å²) in [5.41, 5.74) is 4.89. The molecule has 5 aliphatic heterocycles. The molecule has 115 heavy (non-hydrogen) atoms. The number of likely N-dealkylation sites (tertiary alicyclic amines) is 2. The van der Waals surface area contributed by atoms with E-state index >= 15 is 0 Å². The highest BCUT2D eigenvalue weighted by Crippen LogP contribution is 2.52. The van der Waals surface area contributed by atoms with Gasteiger partial charge in [-0.05, 0) is 201 Å². The highest BCUT2D eigenvalue weighted by atomic mass is 79.9. The number of benzene rings is 8. The van der Waals surface area contributed by atoms with E-state index in [0.29, 0.717) is 38.0 Å². The normalized spacial score (nSPS) is 17.4. The van der Waals surface area contributed by atoms with Crippen LogP contribution in [0.25, 0.3) is 0 Å². The minimum absolute atomic E-state index is 0.0313. The minimum atomic E-state index is -0.824. The number of hydrogen-bond donors (Lipinski definition) is 1. The molecule has 8 aromatic carbocycles. The molecule has 7 heterocycles. The van der Waals surface area contributed by atoms with Crippen LogP contribution in [-0.2, 0) is 37.6 Å². The quantitative estimate of drug-likeness (QED) is 0.0428. The molecule has 0 saturated carbocycles. The smallest absolute Gasteiger partial charge is 0.410 e. The van der Waals surface area contributed by atoms with Crippen LogP contribution in [0.3, 0.4) is 0 Å². The first-order valence-electron chi connectivity index (χ1n) is 41.0. The lowest BCUT2D eigenvalue weighted by molar-refractivity contribution is 0.0177. The fourth-order valence-electron chi connectivity index (χ4n) is 15.4. The van der Waals surface area contributed by atoms with Crippen molar-refractivity contribution in [3.05, 3.63) is 282 Å². The molecule has 10 aromatic rings. The molecule has 0 aliphatic carbocycles. The number of fused-ring (bicyclic) bond motifs is 2. The third-order valence-corrected chi connectivity index (χ3v) is 26.6. The van der Waals surface area contributed by atoms with Gasteiger partial charge in [0, 0.05) is 83.3 Å². The molecule has 1 N–H and O–H groups in total. The fourth-order valence-corrected chi connectivity index (χ4v) is 20.5. The van der Waals surface area contributed by atoms with E-state index in [-0.39, 0.29) is 29.7 Å². The monoisotopic (exact) mass is 1650 g/mol. The number of amides is 2. The van der Waals surface area contributed by atoms with Gasteiger partial charge < -0.3 is 53.2 Å². The summed E-state index contributed by atoms with van der Waals surface area (Å²) in [7, 11) is -1.65. The number of carbonyl (C=O) groups excluding carboxylic acids is 2. The molecule has 18 heteroatoms. The van der Waals surface area contributed by atoms with Gasteiger partial charge in [-0.2, -0.15) is 0 Å². The van der Waals surface area contributed by atoms with E-state index in [1.165, 1.54) is 99.3 Å². The maximum absolute atomic E-state index is 12.5. The molecule has 5 aliphatic rings. The number of rotatable bonds is 25. The zero-order valence-corrected chi connectivity index (χ0v) is 71.7. The zero-order chi connectivity index (χ0) is 80.4. The lowest BCUT2D eigenvalue weighted by Crippen LogP contribution is -2.42. The average Bonchev–Trinajstić information content (AvgIpc) is 0.832. The molecular formula is C97H115BrN6O9P2. The molecule has 0 radical (unpaired) electrons. The number of ether oxygens (including phenoxy) is 7. The molecule has 0 bridgehead atoms. The molecule has 4 saturated heterocycles. The maximum Gasteiger partial charge on any atom is 0.410 e. The van der Waals surface area contributed by atoms with Crippen LogP contribution in [-0.4, -0.2) is 121 Å². The number of aromatic nitrogens is 2. The van der Waals surface area contributed by atoms with E-state index in [9.17, 15) is 9.59 Å². The number of pyridine rings is 2. The Kier molecular flexibility index (Phi) is 31.4. The summed E-state index contributed by atoms with van der Waals surface area (Å²) in [6.07, 6.45) is 17.6. The van der Waals surface area contributed by atoms with Gasteiger partial charge in [0.2, 0.25) is 0 Å². The second-order valence-corrected chi connectivity index (χ2v) is 37.9. The number of carbonyl (C=O) groups is 2. The predicted molar refractivity (Wildman–Crippen MR) is 474 cm³/mol. The summed E-state index contributed by atoms with van der Waals surface area (Å²) in [6, 6.07) is 81.9. The van der Waals surface area contributed by atoms with Crippen LogP contribution in [0.15, 0.2) is 260 Å². The lowest BCUT2D eigenvalue weighted by atomic mass is 9.76. The molecular weight excluding hydrogens is 1530 g/mol. The van der Waals surface area contributed by atoms with Crippen molar-refractivity contribution in [2.75, 3.05) is 70.6 Å². The van der Waals surface area contributed by atoms with Gasteiger partial charge in [0.25, 0.3) is 0 Å². The van der Waals surface area contributed by atoms with Crippen molar-refractivity contribution in [3.63, 3.8) is 0 Å². The Hall–Kier alpha value is -8.98. The third kappa shape index (κ3) is 25.0. The van der Waals surface area contributed by atoms with Gasteiger partial charge in [-0.15, -0.1) is 0 Å². The van der Waals surface area contributed by atoms with Gasteiger partial charge in [0.15, 0.2) is 0 Å². The van der Waals surface area contributed by atoms with Crippen molar-refractivity contribution in [1.29, 1.82) is 0 Å². The van der Waals surface area contributed by atoms with Crippen LogP contribution < -0.4 is 56.3 Å². The predicted octanol–water partition coefficient (Wildman–Crippen LogP) is 19.5. The van der Waals surface area contributed by atoms with Gasteiger partial charge in [0.1, 0.15) is 47.4 Å². The van der Waals surface area contributed by atoms with Crippen molar-refractivity contribution in [2.24, 2.45) is 11.8 Å². The molecule has 0 spiro atoms. The highest BCUT2D eigenvalue weighted by molar-refractivity contribution is 9.10. The largest absolute Gasteiger partial charge is 0.490 e. The Labute approximate surface area is 693 Å². The number of para-hydroxylation sites is 2. The summed E-state index contributed by atoms with van der Waals surface area (Å²) in [4.78, 5) is 39.1. The van der Waals surface area contributed by atoms with E-state index in [4.69, 9.17) is 33.2 Å². The summed E-state index contributed by atoms with van der Waals surface area (Å²) >= 11 is 3.36. The lowest BCUT2D eigenvalue weighted by Gasteiger charge is -2.38. The Morgan fingerprint density at radius 3 is 1.36 bits per heavy atom. The fraction of sp³-hybridized carbons (Fsp3) is 0.381. The van der Waals surface area contributed by atoms with Gasteiger partial charge in [-0.1, -0.05) is 232 Å². The molecule has 4 fully saturated rings. The molecule has 604 valence electrons. The number of hydrogen-bond acceptors (Lipinski definition) is 13. The summed E-state index contributed by atoms with van der Waals surface area (Å²) in [5.74, 6) is 5.03. The summed E-state index contributed by atoms with van der Waals surface area (Å²) < 4.78 is 42.5. The van der Waals surface area contributed by atoms with Crippen molar-refractivity contribution in [1.82, 2.24) is 25.1 Å². The van der Waals surface area contributed by atoms with Crippen molar-refractivity contribution >= 4 is 81.5 Å². The second kappa shape index (κ2) is 42.2. The molecule has 2 amide bonds. The van der Waals surface area contributed by atoms with Gasteiger partial charge in [0.05, 0.1) is 49.6 Å². The Bertz CT molecular complexity index is 4400. The van der Waals surface area contributed by atoms with Crippen LogP contribution in [0, 0.1) is 11.8 Å². The van der Waals surface area contributed by atoms with Crippen LogP contribution in [0.4, 0.5) is 15.3 Å². The first-order valence-corrected chi connectivity index (χ1v) is 44.5. The SMILES string of the molecule is CC(C)(C)OC(=O)N1CCC[C@H]1COc1cncc(Br)c1.CC(C)(C)OC(=O)N1CCC[C@H]1COc1cncc(N2CC[C@@H](CCCOCc3ccccc3)C2)c1.CC1(C)c2cccc(P(c3ccccc3)c3ccccc3)c2Oc2c(P(c3ccccc3)c3ccccc3)cccc21.c1ccc(COCCC[C@@H]2CCNC2)cc1. The third-order valence-electron chi connectivity index (χ3n) is 21.2. The summed E-state index contributed by atoms with van der Waals surface area (Å²) in [6.45, 7) is 26.0. The molecule has 4 atom stereocenters. The standard InChI is InChI=1S/C39H32OP2.C29H41N3O4.C15H21BrN2O3.C14H21NO/c1-39(2)33-25-15-27-35(41(29-17-7-3-8-18-29)30-19-9-4-10-20-30)37(33)40-38-34(39)26-16-28-36(38)42(31-21-11-5-12-22-31)32-23-13-6-14-24-32;1-29(2,3)36-28(33)32-14-7-12-25(32)22-35-27-17-26(18-30-19-27)31-15-13-23(20-31)11-8-16-34-21-24-9-5-4-6-10-24;1-15(2,3)21-14(19)18-6-4-5-12(18)10-20-13-7-11(16)8-17-9-13;1-2-5-14(6-3-1)12-16-10-4-7-13-8-9-15-11-13/h3-28H,1-2H3;4-6,9-10,17-19,23,25H,7-8,11-16,20-22H2,1-3H3;7-9,12H,4-6,10H2,1-3H3;1-3,5-6,13,15H,4,7-12H2/t;23-,25+;12-;13-/m.101/s1. The zero-order valence-electron chi connectivity index (χ0n) is 68.3. The van der Waals surface area contributed by atoms with Crippen LogP contribution in [0.2, 0.25) is 0 Å². The van der Waals surface area contributed by atoms with Crippen LogP contribution in [0.1, 0.15) is 142 Å².